The van der Waals surface area contributed by atoms with Gasteiger partial charge in [-0.1, -0.05) is 29.5 Å². The van der Waals surface area contributed by atoms with Gasteiger partial charge in [-0.05, 0) is 42.0 Å². The van der Waals surface area contributed by atoms with Gasteiger partial charge in [0.15, 0.2) is 17.5 Å². The van der Waals surface area contributed by atoms with Gasteiger partial charge in [-0.15, -0.1) is 5.10 Å². The fraction of sp³-hybridized carbons (Fsp3) is 0.0500. The van der Waals surface area contributed by atoms with Gasteiger partial charge in [-0.2, -0.15) is 5.53 Å². The molecule has 0 aliphatic carbocycles. The Kier molecular flexibility index (Phi) is 4.12. The minimum absolute atomic E-state index is 0.157. The molecule has 7 heteroatoms. The van der Waals surface area contributed by atoms with E-state index in [4.69, 9.17) is 11.3 Å². The molecule has 3 aromatic carbocycles. The van der Waals surface area contributed by atoms with Crippen LogP contribution in [0.4, 0.5) is 8.78 Å². The summed E-state index contributed by atoms with van der Waals surface area (Å²) in [4.78, 5) is 0. The summed E-state index contributed by atoms with van der Waals surface area (Å²) in [5, 5.41) is 8.51. The molecule has 4 aromatic rings. The zero-order valence-corrected chi connectivity index (χ0v) is 14.2. The summed E-state index contributed by atoms with van der Waals surface area (Å²) in [5.41, 5.74) is 15.9. The Morgan fingerprint density at radius 2 is 1.70 bits per heavy atom. The van der Waals surface area contributed by atoms with Crippen molar-refractivity contribution in [3.63, 3.8) is 0 Å². The predicted octanol–water partition coefficient (Wildman–Crippen LogP) is 4.77. The molecule has 0 radical (unpaired) electrons. The van der Waals surface area contributed by atoms with Crippen LogP contribution in [0.2, 0.25) is 0 Å². The standard InChI is InChI=1S/C20H15F2N5/c21-16-7-5-12(9-17(16)22)11-27-18-4-2-1-3-14(18)15-10-13(6-8-19(15)27)20(23)25-26-24/h1-10H,11H2,(H3,23,24,25). The van der Waals surface area contributed by atoms with Crippen LogP contribution >= 0.6 is 0 Å². The lowest BCUT2D eigenvalue weighted by Crippen LogP contribution is -2.12. The number of para-hydroxylation sites is 1. The molecule has 134 valence electrons. The van der Waals surface area contributed by atoms with E-state index >= 15 is 0 Å². The molecule has 5 nitrogen and oxygen atoms in total. The summed E-state index contributed by atoms with van der Waals surface area (Å²) < 4.78 is 28.9. The fourth-order valence-electron chi connectivity index (χ4n) is 3.32. The number of hydrogen-bond donors (Lipinski definition) is 2. The van der Waals surface area contributed by atoms with Crippen molar-refractivity contribution in [1.29, 1.82) is 5.53 Å². The van der Waals surface area contributed by atoms with Crippen LogP contribution in [-0.2, 0) is 6.54 Å². The van der Waals surface area contributed by atoms with E-state index in [1.54, 1.807) is 12.1 Å². The average molecular weight is 363 g/mol. The van der Waals surface area contributed by atoms with Gasteiger partial charge < -0.3 is 10.3 Å². The van der Waals surface area contributed by atoms with E-state index in [-0.39, 0.29) is 5.84 Å². The first kappa shape index (κ1) is 16.8. The van der Waals surface area contributed by atoms with E-state index < -0.39 is 11.6 Å². The van der Waals surface area contributed by atoms with Crippen LogP contribution in [0.1, 0.15) is 11.1 Å². The minimum atomic E-state index is -0.862. The Balaban J connectivity index is 1.92. The van der Waals surface area contributed by atoms with E-state index in [0.29, 0.717) is 17.7 Å². The Hall–Kier alpha value is -3.61. The van der Waals surface area contributed by atoms with Crippen LogP contribution < -0.4 is 5.73 Å². The van der Waals surface area contributed by atoms with E-state index in [9.17, 15) is 8.78 Å². The van der Waals surface area contributed by atoms with Crippen molar-refractivity contribution in [3.05, 3.63) is 83.4 Å². The maximum atomic E-state index is 13.6. The number of fused-ring (bicyclic) bond motifs is 3. The first-order valence-corrected chi connectivity index (χ1v) is 8.23. The van der Waals surface area contributed by atoms with Crippen LogP contribution in [0.15, 0.2) is 71.0 Å². The number of hydrogen-bond acceptors (Lipinski definition) is 2. The Bertz CT molecular complexity index is 1210. The number of amidine groups is 1. The summed E-state index contributed by atoms with van der Waals surface area (Å²) in [7, 11) is 0. The number of nitrogens with two attached hydrogens (primary N) is 1. The van der Waals surface area contributed by atoms with Crippen molar-refractivity contribution >= 4 is 27.6 Å². The second-order valence-corrected chi connectivity index (χ2v) is 6.17. The summed E-state index contributed by atoms with van der Waals surface area (Å²) in [6.45, 7) is 0.395. The quantitative estimate of drug-likeness (QED) is 0.233. The topological polar surface area (TPSA) is 79.5 Å². The number of aromatic nitrogens is 1. The first-order valence-electron chi connectivity index (χ1n) is 8.23. The van der Waals surface area contributed by atoms with Crippen LogP contribution in [0.25, 0.3) is 21.8 Å². The average Bonchev–Trinajstić information content (AvgIpc) is 2.98. The van der Waals surface area contributed by atoms with Crippen LogP contribution in [0.3, 0.4) is 0 Å². The number of rotatable bonds is 4. The lowest BCUT2D eigenvalue weighted by molar-refractivity contribution is 0.506. The molecule has 0 atom stereocenters. The van der Waals surface area contributed by atoms with Crippen LogP contribution in [0.5, 0.6) is 0 Å². The van der Waals surface area contributed by atoms with E-state index in [1.807, 2.05) is 41.0 Å². The minimum Gasteiger partial charge on any atom is -0.382 e. The van der Waals surface area contributed by atoms with E-state index in [2.05, 4.69) is 10.3 Å². The molecule has 0 spiro atoms. The third kappa shape index (κ3) is 2.93. The smallest absolute Gasteiger partial charge is 0.159 e. The van der Waals surface area contributed by atoms with Crippen molar-refractivity contribution in [2.24, 2.45) is 16.1 Å². The first-order chi connectivity index (χ1) is 13.1. The molecule has 1 heterocycles. The molecular formula is C20H15F2N5. The molecule has 0 unspecified atom stereocenters. The van der Waals surface area contributed by atoms with E-state index in [1.165, 1.54) is 6.07 Å². The maximum absolute atomic E-state index is 13.6. The monoisotopic (exact) mass is 363 g/mol. The zero-order valence-electron chi connectivity index (χ0n) is 14.2. The molecule has 0 saturated heterocycles. The fourth-order valence-corrected chi connectivity index (χ4v) is 3.32. The molecule has 1 aromatic heterocycles. The molecule has 27 heavy (non-hydrogen) atoms. The molecule has 0 saturated carbocycles. The third-order valence-corrected chi connectivity index (χ3v) is 4.55. The second kappa shape index (κ2) is 6.60. The van der Waals surface area contributed by atoms with Crippen LogP contribution in [-0.4, -0.2) is 10.4 Å². The van der Waals surface area contributed by atoms with Gasteiger partial charge in [-0.25, -0.2) is 8.78 Å². The van der Waals surface area contributed by atoms with Crippen LogP contribution in [0, 0.1) is 17.2 Å². The zero-order chi connectivity index (χ0) is 19.0. The van der Waals surface area contributed by atoms with E-state index in [0.717, 1.165) is 27.9 Å². The van der Waals surface area contributed by atoms with Gasteiger partial charge in [0.05, 0.1) is 0 Å². The molecule has 4 rings (SSSR count). The lowest BCUT2D eigenvalue weighted by atomic mass is 10.1. The number of nitrogens with one attached hydrogen (secondary N) is 1. The predicted molar refractivity (Wildman–Crippen MR) is 101 cm³/mol. The van der Waals surface area contributed by atoms with Crippen molar-refractivity contribution in [1.82, 2.24) is 4.57 Å². The van der Waals surface area contributed by atoms with Gasteiger partial charge >= 0.3 is 0 Å². The second-order valence-electron chi connectivity index (χ2n) is 6.17. The largest absolute Gasteiger partial charge is 0.382 e. The Labute approximate surface area is 153 Å². The Morgan fingerprint density at radius 1 is 0.926 bits per heavy atom. The maximum Gasteiger partial charge on any atom is 0.159 e. The molecule has 0 aliphatic heterocycles. The lowest BCUT2D eigenvalue weighted by Gasteiger charge is -2.08. The van der Waals surface area contributed by atoms with Gasteiger partial charge in [0.2, 0.25) is 0 Å². The third-order valence-electron chi connectivity index (χ3n) is 4.55. The van der Waals surface area contributed by atoms with Crippen molar-refractivity contribution < 1.29 is 8.78 Å². The molecular weight excluding hydrogens is 348 g/mol. The Morgan fingerprint density at radius 3 is 2.48 bits per heavy atom. The number of benzene rings is 3. The normalized spacial score (nSPS) is 12.0. The molecule has 0 fully saturated rings. The van der Waals surface area contributed by atoms with Crippen molar-refractivity contribution in [3.8, 4) is 0 Å². The summed E-state index contributed by atoms with van der Waals surface area (Å²) >= 11 is 0. The summed E-state index contributed by atoms with van der Waals surface area (Å²) in [5.74, 6) is -1.57. The highest BCUT2D eigenvalue weighted by atomic mass is 19.2. The highest BCUT2D eigenvalue weighted by Crippen LogP contribution is 2.30. The van der Waals surface area contributed by atoms with Gasteiger partial charge in [-0.3, -0.25) is 0 Å². The number of nitrogens with zero attached hydrogens (tertiary/aromatic N) is 3. The molecule has 0 aliphatic rings. The highest BCUT2D eigenvalue weighted by molar-refractivity contribution is 6.11. The van der Waals surface area contributed by atoms with Crippen molar-refractivity contribution in [2.45, 2.75) is 6.54 Å². The highest BCUT2D eigenvalue weighted by Gasteiger charge is 2.13. The SMILES string of the molecule is N=NN=C(N)c1ccc2c(c1)c1ccccc1n2Cc1ccc(F)c(F)c1. The molecule has 0 bridgehead atoms. The number of halogens is 2. The summed E-state index contributed by atoms with van der Waals surface area (Å²) in [6, 6.07) is 17.4. The van der Waals surface area contributed by atoms with Gasteiger partial charge in [0.1, 0.15) is 0 Å². The molecule has 3 N–H and O–H groups in total. The van der Waals surface area contributed by atoms with Gasteiger partial charge in [0, 0.05) is 33.9 Å². The summed E-state index contributed by atoms with van der Waals surface area (Å²) in [6.07, 6.45) is 0. The van der Waals surface area contributed by atoms with Crippen molar-refractivity contribution in [2.75, 3.05) is 0 Å². The van der Waals surface area contributed by atoms with Gasteiger partial charge in [0.25, 0.3) is 0 Å². The molecule has 0 amide bonds.